The van der Waals surface area contributed by atoms with Gasteiger partial charge in [-0.15, -0.1) is 21.5 Å². The van der Waals surface area contributed by atoms with Crippen LogP contribution in [0.3, 0.4) is 0 Å². The van der Waals surface area contributed by atoms with Crippen molar-refractivity contribution in [2.24, 2.45) is 0 Å². The highest BCUT2D eigenvalue weighted by molar-refractivity contribution is 7.98. The fraction of sp³-hybridized carbons (Fsp3) is 0.227. The van der Waals surface area contributed by atoms with Crippen molar-refractivity contribution >= 4 is 23.1 Å². The Balaban J connectivity index is 1.45. The summed E-state index contributed by atoms with van der Waals surface area (Å²) in [5.74, 6) is 2.66. The van der Waals surface area contributed by atoms with Crippen molar-refractivity contribution in [3.8, 4) is 33.5 Å². The monoisotopic (exact) mass is 439 g/mol. The Labute approximate surface area is 183 Å². The summed E-state index contributed by atoms with van der Waals surface area (Å²) < 4.78 is 16.6. The minimum absolute atomic E-state index is 0.528. The van der Waals surface area contributed by atoms with E-state index < -0.39 is 0 Å². The number of ether oxygens (including phenoxy) is 2. The number of aryl methyl sites for hydroxylation is 2. The first-order valence-corrected chi connectivity index (χ1v) is 11.1. The fourth-order valence-electron chi connectivity index (χ4n) is 2.87. The lowest BCUT2D eigenvalue weighted by atomic mass is 10.1. The Morgan fingerprint density at radius 2 is 1.87 bits per heavy atom. The van der Waals surface area contributed by atoms with Crippen LogP contribution < -0.4 is 9.47 Å². The average molecular weight is 440 g/mol. The number of aromatic nitrogens is 3. The Kier molecular flexibility index (Phi) is 6.06. The van der Waals surface area contributed by atoms with E-state index in [9.17, 15) is 0 Å². The number of thiazole rings is 1. The molecule has 0 saturated heterocycles. The van der Waals surface area contributed by atoms with Crippen molar-refractivity contribution in [3.05, 3.63) is 58.6 Å². The number of hydrogen-bond donors (Lipinski definition) is 0. The van der Waals surface area contributed by atoms with Gasteiger partial charge in [0, 0.05) is 22.8 Å². The first-order valence-electron chi connectivity index (χ1n) is 9.28. The van der Waals surface area contributed by atoms with Gasteiger partial charge in [0.05, 0.1) is 25.5 Å². The van der Waals surface area contributed by atoms with E-state index in [4.69, 9.17) is 18.9 Å². The second-order valence-electron chi connectivity index (χ2n) is 6.67. The third-order valence-corrected chi connectivity index (χ3v) is 6.47. The molecule has 0 N–H and O–H groups in total. The quantitative estimate of drug-likeness (QED) is 0.338. The molecule has 4 aromatic rings. The van der Waals surface area contributed by atoms with Crippen molar-refractivity contribution in [1.29, 1.82) is 0 Å². The summed E-state index contributed by atoms with van der Waals surface area (Å²) in [6, 6.07) is 11.8. The summed E-state index contributed by atoms with van der Waals surface area (Å²) in [4.78, 5) is 4.73. The zero-order valence-electron chi connectivity index (χ0n) is 17.1. The maximum atomic E-state index is 5.82. The molecular weight excluding hydrogens is 418 g/mol. The third kappa shape index (κ3) is 4.34. The normalized spacial score (nSPS) is 10.9. The van der Waals surface area contributed by atoms with Gasteiger partial charge < -0.3 is 13.9 Å². The highest BCUT2D eigenvalue weighted by atomic mass is 32.2. The minimum atomic E-state index is 0.528. The van der Waals surface area contributed by atoms with Gasteiger partial charge in [-0.1, -0.05) is 17.8 Å². The molecule has 0 aliphatic carbocycles. The van der Waals surface area contributed by atoms with Gasteiger partial charge in [0.15, 0.2) is 0 Å². The molecule has 0 aliphatic rings. The topological polar surface area (TPSA) is 70.3 Å². The number of benzene rings is 2. The van der Waals surface area contributed by atoms with Crippen LogP contribution in [0, 0.1) is 13.8 Å². The smallest absolute Gasteiger partial charge is 0.277 e. The van der Waals surface area contributed by atoms with Gasteiger partial charge in [-0.25, -0.2) is 4.98 Å². The van der Waals surface area contributed by atoms with Crippen LogP contribution >= 0.6 is 23.1 Å². The zero-order chi connectivity index (χ0) is 21.1. The van der Waals surface area contributed by atoms with Gasteiger partial charge in [0.1, 0.15) is 16.5 Å². The Morgan fingerprint density at radius 3 is 2.63 bits per heavy atom. The van der Waals surface area contributed by atoms with E-state index in [1.54, 1.807) is 25.6 Å². The van der Waals surface area contributed by atoms with Crippen molar-refractivity contribution in [1.82, 2.24) is 15.2 Å². The van der Waals surface area contributed by atoms with E-state index in [1.807, 2.05) is 29.6 Å². The molecule has 0 fully saturated rings. The zero-order valence-corrected chi connectivity index (χ0v) is 18.8. The molecule has 0 atom stereocenters. The summed E-state index contributed by atoms with van der Waals surface area (Å²) >= 11 is 3.05. The molecule has 2 heterocycles. The maximum absolute atomic E-state index is 5.82. The lowest BCUT2D eigenvalue weighted by Gasteiger charge is -2.08. The molecular formula is C22H21N3O3S2. The molecule has 8 heteroatoms. The molecule has 6 nitrogen and oxygen atoms in total. The molecule has 0 spiro atoms. The predicted octanol–water partition coefficient (Wildman–Crippen LogP) is 5.79. The number of rotatable bonds is 7. The summed E-state index contributed by atoms with van der Waals surface area (Å²) in [5, 5.41) is 11.8. The highest BCUT2D eigenvalue weighted by Crippen LogP contribution is 2.36. The Bertz CT molecular complexity index is 1170. The van der Waals surface area contributed by atoms with E-state index in [1.165, 1.54) is 22.9 Å². The first-order chi connectivity index (χ1) is 14.6. The van der Waals surface area contributed by atoms with Crippen LogP contribution in [-0.4, -0.2) is 29.4 Å². The summed E-state index contributed by atoms with van der Waals surface area (Å²) in [5.41, 5.74) is 5.25. The van der Waals surface area contributed by atoms with Crippen LogP contribution in [0.15, 0.2) is 51.4 Å². The third-order valence-electron chi connectivity index (χ3n) is 4.69. The van der Waals surface area contributed by atoms with Crippen LogP contribution in [0.2, 0.25) is 0 Å². The molecule has 0 amide bonds. The van der Waals surface area contributed by atoms with E-state index in [-0.39, 0.29) is 0 Å². The molecule has 0 unspecified atom stereocenters. The molecule has 154 valence electrons. The largest absolute Gasteiger partial charge is 0.497 e. The molecule has 0 bridgehead atoms. The van der Waals surface area contributed by atoms with Crippen LogP contribution in [0.1, 0.15) is 16.8 Å². The standard InChI is InChI=1S/C22H21N3O3S2/c1-13-5-6-15(9-14(13)2)20-24-25-22(28-20)30-12-16-11-29-21(23-16)18-8-7-17(26-3)10-19(18)27-4/h5-11H,12H2,1-4H3. The van der Waals surface area contributed by atoms with E-state index in [2.05, 4.69) is 36.2 Å². The fourth-order valence-corrected chi connectivity index (χ4v) is 4.48. The molecule has 0 aliphatic heterocycles. The van der Waals surface area contributed by atoms with Crippen molar-refractivity contribution < 1.29 is 13.9 Å². The second-order valence-corrected chi connectivity index (χ2v) is 8.46. The van der Waals surface area contributed by atoms with Gasteiger partial charge in [-0.2, -0.15) is 0 Å². The predicted molar refractivity (Wildman–Crippen MR) is 119 cm³/mol. The lowest BCUT2D eigenvalue weighted by Crippen LogP contribution is -1.90. The number of thioether (sulfide) groups is 1. The number of methoxy groups -OCH3 is 2. The van der Waals surface area contributed by atoms with Gasteiger partial charge in [-0.05, 0) is 49.2 Å². The van der Waals surface area contributed by atoms with Gasteiger partial charge in [0.25, 0.3) is 5.22 Å². The van der Waals surface area contributed by atoms with Gasteiger partial charge >= 0.3 is 0 Å². The summed E-state index contributed by atoms with van der Waals surface area (Å²) in [7, 11) is 3.28. The molecule has 2 aromatic carbocycles. The van der Waals surface area contributed by atoms with E-state index >= 15 is 0 Å². The number of nitrogens with zero attached hydrogens (tertiary/aromatic N) is 3. The lowest BCUT2D eigenvalue weighted by molar-refractivity contribution is 0.395. The Hall–Kier alpha value is -2.84. The summed E-state index contributed by atoms with van der Waals surface area (Å²) in [6.07, 6.45) is 0. The molecule has 0 radical (unpaired) electrons. The molecule has 2 aromatic heterocycles. The number of hydrogen-bond acceptors (Lipinski definition) is 8. The van der Waals surface area contributed by atoms with Crippen LogP contribution in [0.5, 0.6) is 11.5 Å². The van der Waals surface area contributed by atoms with Gasteiger partial charge in [0.2, 0.25) is 5.89 Å². The second kappa shape index (κ2) is 8.89. The molecule has 4 rings (SSSR count). The van der Waals surface area contributed by atoms with Crippen molar-refractivity contribution in [3.63, 3.8) is 0 Å². The van der Waals surface area contributed by atoms with Gasteiger partial charge in [-0.3, -0.25) is 0 Å². The van der Waals surface area contributed by atoms with Crippen molar-refractivity contribution in [2.45, 2.75) is 24.8 Å². The average Bonchev–Trinajstić information content (AvgIpc) is 3.43. The molecule has 30 heavy (non-hydrogen) atoms. The highest BCUT2D eigenvalue weighted by Gasteiger charge is 2.14. The van der Waals surface area contributed by atoms with Crippen LogP contribution in [0.25, 0.3) is 22.0 Å². The molecule has 0 saturated carbocycles. The summed E-state index contributed by atoms with van der Waals surface area (Å²) in [6.45, 7) is 4.15. The van der Waals surface area contributed by atoms with E-state index in [0.29, 0.717) is 16.9 Å². The van der Waals surface area contributed by atoms with Crippen LogP contribution in [0.4, 0.5) is 0 Å². The van der Waals surface area contributed by atoms with E-state index in [0.717, 1.165) is 33.3 Å². The Morgan fingerprint density at radius 1 is 1.00 bits per heavy atom. The maximum Gasteiger partial charge on any atom is 0.277 e. The first kappa shape index (κ1) is 20.4. The van der Waals surface area contributed by atoms with Crippen molar-refractivity contribution in [2.75, 3.05) is 14.2 Å². The minimum Gasteiger partial charge on any atom is -0.497 e. The van der Waals surface area contributed by atoms with Crippen LogP contribution in [-0.2, 0) is 5.75 Å². The SMILES string of the molecule is COc1ccc(-c2nc(CSc3nnc(-c4ccc(C)c(C)c4)o3)cs2)c(OC)c1.